The van der Waals surface area contributed by atoms with Crippen molar-refractivity contribution in [3.05, 3.63) is 64.5 Å². The summed E-state index contributed by atoms with van der Waals surface area (Å²) >= 11 is 3.47. The summed E-state index contributed by atoms with van der Waals surface area (Å²) in [5, 5.41) is 3.42. The van der Waals surface area contributed by atoms with E-state index in [9.17, 15) is 0 Å². The lowest BCUT2D eigenvalue weighted by Gasteiger charge is -2.08. The first-order valence-corrected chi connectivity index (χ1v) is 6.94. The Labute approximate surface area is 120 Å². The van der Waals surface area contributed by atoms with E-state index in [4.69, 9.17) is 0 Å². The van der Waals surface area contributed by atoms with Crippen LogP contribution in [0.2, 0.25) is 0 Å². The number of pyridine rings is 1. The van der Waals surface area contributed by atoms with E-state index in [2.05, 4.69) is 51.5 Å². The molecule has 0 aliphatic carbocycles. The fourth-order valence-corrected chi connectivity index (χ4v) is 2.56. The largest absolute Gasteiger partial charge is 0.379 e. The van der Waals surface area contributed by atoms with Gasteiger partial charge in [0.05, 0.1) is 12.2 Å². The van der Waals surface area contributed by atoms with Crippen LogP contribution in [0, 0.1) is 6.92 Å². The number of aromatic nitrogens is 2. The van der Waals surface area contributed by atoms with Crippen molar-refractivity contribution >= 4 is 27.3 Å². The van der Waals surface area contributed by atoms with E-state index in [0.717, 1.165) is 28.0 Å². The van der Waals surface area contributed by atoms with E-state index in [-0.39, 0.29) is 0 Å². The Balaban J connectivity index is 1.78. The second-order valence-corrected chi connectivity index (χ2v) is 5.43. The molecule has 0 amide bonds. The van der Waals surface area contributed by atoms with Crippen LogP contribution in [0.15, 0.2) is 53.3 Å². The maximum absolute atomic E-state index is 4.57. The number of benzene rings is 1. The molecule has 0 bridgehead atoms. The van der Waals surface area contributed by atoms with Crippen molar-refractivity contribution in [3.8, 4) is 0 Å². The lowest BCUT2D eigenvalue weighted by atomic mass is 10.2. The highest BCUT2D eigenvalue weighted by molar-refractivity contribution is 9.10. The van der Waals surface area contributed by atoms with Crippen LogP contribution >= 0.6 is 15.9 Å². The molecule has 1 aromatic carbocycles. The molecule has 2 aromatic heterocycles. The van der Waals surface area contributed by atoms with Crippen molar-refractivity contribution in [1.29, 1.82) is 0 Å². The number of halogens is 1. The number of aryl methyl sites for hydroxylation is 1. The van der Waals surface area contributed by atoms with Gasteiger partial charge in [-0.1, -0.05) is 22.0 Å². The highest BCUT2D eigenvalue weighted by Crippen LogP contribution is 2.20. The number of nitrogens with zero attached hydrogens (tertiary/aromatic N) is 2. The first kappa shape index (κ1) is 12.2. The zero-order valence-electron chi connectivity index (χ0n) is 10.6. The first-order valence-electron chi connectivity index (χ1n) is 6.15. The van der Waals surface area contributed by atoms with Crippen molar-refractivity contribution in [3.63, 3.8) is 0 Å². The monoisotopic (exact) mass is 315 g/mol. The summed E-state index contributed by atoms with van der Waals surface area (Å²) in [4.78, 5) is 4.57. The summed E-state index contributed by atoms with van der Waals surface area (Å²) < 4.78 is 3.13. The molecule has 3 rings (SSSR count). The smallest absolute Gasteiger partial charge is 0.137 e. The standard InChI is InChI=1S/C15H14BrN3/c1-11-8-12(16)5-6-14(11)17-9-13-10-19-7-3-2-4-15(19)18-13/h2-8,10,17H,9H2,1H3. The number of hydrogen-bond acceptors (Lipinski definition) is 2. The molecule has 0 fully saturated rings. The van der Waals surface area contributed by atoms with Crippen LogP contribution in [0.5, 0.6) is 0 Å². The van der Waals surface area contributed by atoms with Crippen molar-refractivity contribution < 1.29 is 0 Å². The third-order valence-electron chi connectivity index (χ3n) is 3.06. The quantitative estimate of drug-likeness (QED) is 0.791. The summed E-state index contributed by atoms with van der Waals surface area (Å²) in [5.41, 5.74) is 4.37. The molecule has 2 heterocycles. The minimum absolute atomic E-state index is 0.726. The minimum Gasteiger partial charge on any atom is -0.379 e. The predicted molar refractivity (Wildman–Crippen MR) is 81.4 cm³/mol. The third kappa shape index (κ3) is 2.63. The topological polar surface area (TPSA) is 29.3 Å². The number of hydrogen-bond donors (Lipinski definition) is 1. The molecular weight excluding hydrogens is 302 g/mol. The maximum atomic E-state index is 4.57. The molecule has 3 nitrogen and oxygen atoms in total. The minimum atomic E-state index is 0.726. The second-order valence-electron chi connectivity index (χ2n) is 4.51. The Hall–Kier alpha value is -1.81. The molecule has 0 aliphatic heterocycles. The van der Waals surface area contributed by atoms with Gasteiger partial charge in [-0.05, 0) is 42.8 Å². The van der Waals surface area contributed by atoms with Crippen molar-refractivity contribution in [2.45, 2.75) is 13.5 Å². The lowest BCUT2D eigenvalue weighted by molar-refractivity contribution is 1.07. The molecule has 0 saturated carbocycles. The van der Waals surface area contributed by atoms with Gasteiger partial charge in [0.25, 0.3) is 0 Å². The Morgan fingerprint density at radius 2 is 2.16 bits per heavy atom. The molecule has 0 atom stereocenters. The van der Waals surface area contributed by atoms with Crippen LogP contribution in [-0.2, 0) is 6.54 Å². The summed E-state index contributed by atoms with van der Waals surface area (Å²) in [6.07, 6.45) is 4.06. The highest BCUT2D eigenvalue weighted by atomic mass is 79.9. The number of anilines is 1. The van der Waals surface area contributed by atoms with Crippen LogP contribution in [0.4, 0.5) is 5.69 Å². The van der Waals surface area contributed by atoms with Crippen LogP contribution < -0.4 is 5.32 Å². The van der Waals surface area contributed by atoms with E-state index in [0.29, 0.717) is 0 Å². The number of nitrogens with one attached hydrogen (secondary N) is 1. The van der Waals surface area contributed by atoms with Gasteiger partial charge >= 0.3 is 0 Å². The van der Waals surface area contributed by atoms with Gasteiger partial charge in [-0.25, -0.2) is 4.98 Å². The van der Waals surface area contributed by atoms with Gasteiger partial charge in [-0.15, -0.1) is 0 Å². The van der Waals surface area contributed by atoms with E-state index in [1.165, 1.54) is 5.56 Å². The summed E-state index contributed by atoms with van der Waals surface area (Å²) in [7, 11) is 0. The molecule has 96 valence electrons. The van der Waals surface area contributed by atoms with Gasteiger partial charge in [-0.3, -0.25) is 0 Å². The van der Waals surface area contributed by atoms with Gasteiger partial charge in [-0.2, -0.15) is 0 Å². The summed E-state index contributed by atoms with van der Waals surface area (Å²) in [5.74, 6) is 0. The Kier molecular flexibility index (Phi) is 3.25. The number of fused-ring (bicyclic) bond motifs is 1. The van der Waals surface area contributed by atoms with Crippen LogP contribution in [-0.4, -0.2) is 9.38 Å². The third-order valence-corrected chi connectivity index (χ3v) is 3.56. The van der Waals surface area contributed by atoms with Gasteiger partial charge in [0.1, 0.15) is 5.65 Å². The van der Waals surface area contributed by atoms with Gasteiger partial charge in [0, 0.05) is 22.6 Å². The predicted octanol–water partition coefficient (Wildman–Crippen LogP) is 4.02. The fourth-order valence-electron chi connectivity index (χ4n) is 2.08. The molecule has 1 N–H and O–H groups in total. The van der Waals surface area contributed by atoms with E-state index >= 15 is 0 Å². The van der Waals surface area contributed by atoms with Crippen LogP contribution in [0.3, 0.4) is 0 Å². The fraction of sp³-hybridized carbons (Fsp3) is 0.133. The Morgan fingerprint density at radius 3 is 2.95 bits per heavy atom. The molecule has 0 unspecified atom stereocenters. The van der Waals surface area contributed by atoms with E-state index in [1.54, 1.807) is 0 Å². The van der Waals surface area contributed by atoms with Crippen molar-refractivity contribution in [1.82, 2.24) is 9.38 Å². The average Bonchev–Trinajstić information content (AvgIpc) is 2.80. The van der Waals surface area contributed by atoms with Gasteiger partial charge in [0.2, 0.25) is 0 Å². The molecular formula is C15H14BrN3. The second kappa shape index (κ2) is 5.05. The normalized spacial score (nSPS) is 10.8. The van der Waals surface area contributed by atoms with Gasteiger partial charge in [0.15, 0.2) is 0 Å². The molecule has 0 saturated heterocycles. The van der Waals surface area contributed by atoms with Crippen molar-refractivity contribution in [2.75, 3.05) is 5.32 Å². The van der Waals surface area contributed by atoms with Crippen LogP contribution in [0.25, 0.3) is 5.65 Å². The Bertz CT molecular complexity index is 685. The molecule has 4 heteroatoms. The molecule has 3 aromatic rings. The maximum Gasteiger partial charge on any atom is 0.137 e. The zero-order valence-corrected chi connectivity index (χ0v) is 12.2. The molecule has 19 heavy (non-hydrogen) atoms. The van der Waals surface area contributed by atoms with E-state index < -0.39 is 0 Å². The summed E-state index contributed by atoms with van der Waals surface area (Å²) in [6, 6.07) is 12.2. The summed E-state index contributed by atoms with van der Waals surface area (Å²) in [6.45, 7) is 2.82. The highest BCUT2D eigenvalue weighted by Gasteiger charge is 2.02. The molecule has 0 aliphatic rings. The van der Waals surface area contributed by atoms with Crippen molar-refractivity contribution in [2.24, 2.45) is 0 Å². The zero-order chi connectivity index (χ0) is 13.2. The van der Waals surface area contributed by atoms with Crippen LogP contribution in [0.1, 0.15) is 11.3 Å². The SMILES string of the molecule is Cc1cc(Br)ccc1NCc1cn2ccccc2n1. The van der Waals surface area contributed by atoms with Gasteiger partial charge < -0.3 is 9.72 Å². The first-order chi connectivity index (χ1) is 9.22. The Morgan fingerprint density at radius 1 is 1.26 bits per heavy atom. The average molecular weight is 316 g/mol. The number of rotatable bonds is 3. The molecule has 0 spiro atoms. The lowest BCUT2D eigenvalue weighted by Crippen LogP contribution is -2.01. The molecule has 0 radical (unpaired) electrons. The van der Waals surface area contributed by atoms with E-state index in [1.807, 2.05) is 34.9 Å². The number of imidazole rings is 1.